The van der Waals surface area contributed by atoms with Gasteiger partial charge in [-0.05, 0) is 6.92 Å². The van der Waals surface area contributed by atoms with Crippen LogP contribution in [0, 0.1) is 0 Å². The van der Waals surface area contributed by atoms with Gasteiger partial charge in [-0.3, -0.25) is 0 Å². The van der Waals surface area contributed by atoms with Gasteiger partial charge in [0.25, 0.3) is 0 Å². The van der Waals surface area contributed by atoms with Gasteiger partial charge in [0.15, 0.2) is 18.7 Å². The summed E-state index contributed by atoms with van der Waals surface area (Å²) < 4.78 is 15.1. The fourth-order valence-corrected chi connectivity index (χ4v) is 2.53. The zero-order valence-electron chi connectivity index (χ0n) is 12.0. The first-order valence-corrected chi connectivity index (χ1v) is 6.92. The predicted octanol–water partition coefficient (Wildman–Crippen LogP) is -4.28. The molecule has 0 aromatic heterocycles. The Hall–Kier alpha value is -0.890. The Balaban J connectivity index is 2.12. The Morgan fingerprint density at radius 3 is 2.04 bits per heavy atom. The van der Waals surface area contributed by atoms with Gasteiger partial charge in [0, 0.05) is 0 Å². The molecule has 0 unspecified atom stereocenters. The monoisotopic (exact) mass is 340 g/mol. The maximum Gasteiger partial charge on any atom is 0.335 e. The molecule has 2 aliphatic rings. The van der Waals surface area contributed by atoms with E-state index < -0.39 is 67.4 Å². The molecule has 0 bridgehead atoms. The highest BCUT2D eigenvalue weighted by Gasteiger charge is 2.51. The van der Waals surface area contributed by atoms with Gasteiger partial charge in [-0.15, -0.1) is 0 Å². The lowest BCUT2D eigenvalue weighted by Gasteiger charge is -2.44. The minimum Gasteiger partial charge on any atom is -0.479 e. The van der Waals surface area contributed by atoms with E-state index in [1.807, 2.05) is 0 Å². The zero-order chi connectivity index (χ0) is 17.5. The van der Waals surface area contributed by atoms with Crippen LogP contribution in [0.15, 0.2) is 0 Å². The second-order valence-electron chi connectivity index (χ2n) is 5.55. The van der Waals surface area contributed by atoms with E-state index in [-0.39, 0.29) is 0 Å². The Labute approximate surface area is 130 Å². The normalized spacial score (nSPS) is 51.4. The van der Waals surface area contributed by atoms with E-state index in [0.717, 1.165) is 0 Å². The fourth-order valence-electron chi connectivity index (χ4n) is 2.53. The highest BCUT2D eigenvalue weighted by Crippen LogP contribution is 2.28. The van der Waals surface area contributed by atoms with Crippen LogP contribution in [0.5, 0.6) is 0 Å². The van der Waals surface area contributed by atoms with Crippen molar-refractivity contribution in [2.45, 2.75) is 68.3 Å². The highest BCUT2D eigenvalue weighted by molar-refractivity contribution is 5.73. The number of carboxylic acid groups (broad SMARTS) is 1. The summed E-state index contributed by atoms with van der Waals surface area (Å²) in [5, 5.41) is 66.9. The number of aliphatic hydroxyl groups excluding tert-OH is 6. The molecule has 11 nitrogen and oxygen atoms in total. The molecule has 2 heterocycles. The van der Waals surface area contributed by atoms with E-state index in [4.69, 9.17) is 19.3 Å². The maximum atomic E-state index is 11.0. The standard InChI is InChI=1S/C12H20O11/c1-2-8(5(15)6(16)11(20)21-2)22-12-7(17)3(13)4(14)9(23-12)10(18)19/h2-9,11-17,20H,1H3,(H,18,19)/t2-,3+,4+,5+,6+,7-,8-,9+,11+,12-/m1/s1. The first-order valence-electron chi connectivity index (χ1n) is 6.92. The molecule has 2 fully saturated rings. The van der Waals surface area contributed by atoms with Crippen LogP contribution in [-0.2, 0) is 19.0 Å². The third kappa shape index (κ3) is 3.47. The van der Waals surface area contributed by atoms with Gasteiger partial charge in [-0.25, -0.2) is 4.79 Å². The smallest absolute Gasteiger partial charge is 0.335 e. The summed E-state index contributed by atoms with van der Waals surface area (Å²) in [6, 6.07) is 0. The van der Waals surface area contributed by atoms with Crippen LogP contribution in [0.25, 0.3) is 0 Å². The number of hydrogen-bond acceptors (Lipinski definition) is 10. The van der Waals surface area contributed by atoms with Crippen LogP contribution in [-0.4, -0.2) is 103 Å². The minimum absolute atomic E-state index is 0.938. The SMILES string of the molecule is C[C@H]1O[C@H](O)[C@@H](O)[C@H](O)[C@@H]1O[C@@H]1O[C@H](C(=O)O)[C@@H](O)[C@H](O)[C@H]1O. The maximum absolute atomic E-state index is 11.0. The Kier molecular flexibility index (Phi) is 5.56. The molecule has 134 valence electrons. The van der Waals surface area contributed by atoms with Crippen LogP contribution in [0.2, 0.25) is 0 Å². The summed E-state index contributed by atoms with van der Waals surface area (Å²) >= 11 is 0. The van der Waals surface area contributed by atoms with Gasteiger partial charge in [0.05, 0.1) is 6.10 Å². The molecule has 0 spiro atoms. The van der Waals surface area contributed by atoms with E-state index >= 15 is 0 Å². The molecule has 0 amide bonds. The average molecular weight is 340 g/mol. The van der Waals surface area contributed by atoms with E-state index in [9.17, 15) is 35.4 Å². The largest absolute Gasteiger partial charge is 0.479 e. The molecule has 0 aliphatic carbocycles. The van der Waals surface area contributed by atoms with Crippen LogP contribution in [0.1, 0.15) is 6.92 Å². The molecule has 11 heteroatoms. The Morgan fingerprint density at radius 2 is 1.48 bits per heavy atom. The zero-order valence-corrected chi connectivity index (χ0v) is 12.0. The van der Waals surface area contributed by atoms with Crippen LogP contribution in [0.3, 0.4) is 0 Å². The lowest BCUT2D eigenvalue weighted by molar-refractivity contribution is -0.347. The molecule has 7 N–H and O–H groups in total. The molecule has 0 aromatic carbocycles. The molecule has 2 saturated heterocycles. The summed E-state index contributed by atoms with van der Waals surface area (Å²) in [5.41, 5.74) is 0. The van der Waals surface area contributed by atoms with Crippen molar-refractivity contribution in [2.75, 3.05) is 0 Å². The topological polar surface area (TPSA) is 186 Å². The number of ether oxygens (including phenoxy) is 3. The summed E-state index contributed by atoms with van der Waals surface area (Å²) in [7, 11) is 0. The number of aliphatic hydroxyl groups is 6. The fraction of sp³-hybridized carbons (Fsp3) is 0.917. The molecule has 2 rings (SSSR count). The van der Waals surface area contributed by atoms with E-state index in [0.29, 0.717) is 0 Å². The van der Waals surface area contributed by atoms with Crippen LogP contribution < -0.4 is 0 Å². The van der Waals surface area contributed by atoms with E-state index in [1.165, 1.54) is 6.92 Å². The second-order valence-corrected chi connectivity index (χ2v) is 5.55. The number of aliphatic carboxylic acids is 1. The summed E-state index contributed by atoms with van der Waals surface area (Å²) in [6.45, 7) is 1.40. The highest BCUT2D eigenvalue weighted by atomic mass is 16.7. The first-order chi connectivity index (χ1) is 10.6. The number of rotatable bonds is 3. The quantitative estimate of drug-likeness (QED) is 0.263. The minimum atomic E-state index is -1.88. The third-order valence-electron chi connectivity index (χ3n) is 3.90. The Bertz CT molecular complexity index is 431. The summed E-state index contributed by atoms with van der Waals surface area (Å²) in [6.07, 6.45) is -16.3. The number of carbonyl (C=O) groups is 1. The van der Waals surface area contributed by atoms with Gasteiger partial charge in [-0.2, -0.15) is 0 Å². The van der Waals surface area contributed by atoms with E-state index in [1.54, 1.807) is 0 Å². The van der Waals surface area contributed by atoms with Gasteiger partial charge in [0.2, 0.25) is 0 Å². The molecule has 0 aromatic rings. The molecular formula is C12H20O11. The van der Waals surface area contributed by atoms with Crippen LogP contribution >= 0.6 is 0 Å². The van der Waals surface area contributed by atoms with Crippen molar-refractivity contribution in [2.24, 2.45) is 0 Å². The first kappa shape index (κ1) is 18.4. The molecule has 2 aliphatic heterocycles. The van der Waals surface area contributed by atoms with Crippen molar-refractivity contribution in [3.63, 3.8) is 0 Å². The van der Waals surface area contributed by atoms with Gasteiger partial charge >= 0.3 is 5.97 Å². The molecular weight excluding hydrogens is 320 g/mol. The van der Waals surface area contributed by atoms with E-state index in [2.05, 4.69) is 0 Å². The second kappa shape index (κ2) is 6.93. The van der Waals surface area contributed by atoms with Crippen LogP contribution in [0.4, 0.5) is 0 Å². The van der Waals surface area contributed by atoms with Gasteiger partial charge in [0.1, 0.15) is 36.6 Å². The third-order valence-corrected chi connectivity index (χ3v) is 3.90. The summed E-state index contributed by atoms with van der Waals surface area (Å²) in [4.78, 5) is 11.0. The molecule has 23 heavy (non-hydrogen) atoms. The molecule has 10 atom stereocenters. The van der Waals surface area contributed by atoms with Crippen molar-refractivity contribution in [3.05, 3.63) is 0 Å². The molecule has 0 radical (unpaired) electrons. The van der Waals surface area contributed by atoms with Crippen molar-refractivity contribution in [3.8, 4) is 0 Å². The molecule has 0 saturated carbocycles. The average Bonchev–Trinajstić information content (AvgIpc) is 2.48. The van der Waals surface area contributed by atoms with Crippen molar-refractivity contribution >= 4 is 5.97 Å². The lowest BCUT2D eigenvalue weighted by Crippen LogP contribution is -2.64. The van der Waals surface area contributed by atoms with Gasteiger partial charge in [-0.1, -0.05) is 0 Å². The van der Waals surface area contributed by atoms with Gasteiger partial charge < -0.3 is 50.0 Å². The number of carboxylic acids is 1. The summed E-state index contributed by atoms with van der Waals surface area (Å²) in [5.74, 6) is -1.58. The van der Waals surface area contributed by atoms with Crippen molar-refractivity contribution in [1.29, 1.82) is 0 Å². The van der Waals surface area contributed by atoms with Crippen molar-refractivity contribution < 1.29 is 54.8 Å². The number of hydrogen-bond donors (Lipinski definition) is 7. The lowest BCUT2D eigenvalue weighted by atomic mass is 9.97. The Morgan fingerprint density at radius 1 is 0.870 bits per heavy atom. The van der Waals surface area contributed by atoms with Crippen molar-refractivity contribution in [1.82, 2.24) is 0 Å². The predicted molar refractivity (Wildman–Crippen MR) is 67.8 cm³/mol.